The van der Waals surface area contributed by atoms with Gasteiger partial charge in [0.15, 0.2) is 0 Å². The highest BCUT2D eigenvalue weighted by molar-refractivity contribution is 6.82. The van der Waals surface area contributed by atoms with Crippen molar-refractivity contribution >= 4 is 8.32 Å². The average molecular weight is 246 g/mol. The third-order valence-corrected chi connectivity index (χ3v) is 5.17. The van der Waals surface area contributed by atoms with Gasteiger partial charge in [0.1, 0.15) is 5.75 Å². The van der Waals surface area contributed by atoms with Crippen LogP contribution in [0.2, 0.25) is 6.55 Å². The number of hydrogen-bond donors (Lipinski definition) is 0. The summed E-state index contributed by atoms with van der Waals surface area (Å²) in [6.07, 6.45) is 0. The maximum atomic E-state index is 5.97. The third kappa shape index (κ3) is 3.60. The van der Waals surface area contributed by atoms with Crippen molar-refractivity contribution in [1.29, 1.82) is 0 Å². The molecule has 1 aromatic rings. The van der Waals surface area contributed by atoms with E-state index < -0.39 is 8.32 Å². The lowest BCUT2D eigenvalue weighted by Gasteiger charge is -2.23. The second kappa shape index (κ2) is 4.92. The summed E-state index contributed by atoms with van der Waals surface area (Å²) in [4.78, 5) is 0. The van der Waals surface area contributed by atoms with E-state index in [4.69, 9.17) is 4.43 Å². The fraction of sp³-hybridized carbons (Fsp3) is 0.333. The molecule has 92 valence electrons. The maximum Gasteiger partial charge on any atom is 0.296 e. The minimum atomic E-state index is -1.97. The zero-order chi connectivity index (χ0) is 13.1. The lowest BCUT2D eigenvalue weighted by molar-refractivity contribution is 0.562. The Morgan fingerprint density at radius 3 is 1.88 bits per heavy atom. The Labute approximate surface area is 106 Å². The summed E-state index contributed by atoms with van der Waals surface area (Å²) in [5.74, 6) is 0.895. The van der Waals surface area contributed by atoms with Crippen LogP contribution in [0.5, 0.6) is 5.75 Å². The summed E-state index contributed by atoms with van der Waals surface area (Å²) in [5, 5.41) is 0. The summed E-state index contributed by atoms with van der Waals surface area (Å²) < 4.78 is 5.97. The minimum absolute atomic E-state index is 0.177. The van der Waals surface area contributed by atoms with Crippen LogP contribution in [0, 0.1) is 0 Å². The first kappa shape index (κ1) is 13.8. The first-order valence-corrected chi connectivity index (χ1v) is 8.44. The van der Waals surface area contributed by atoms with Gasteiger partial charge in [0.25, 0.3) is 8.32 Å². The highest BCUT2D eigenvalue weighted by Crippen LogP contribution is 2.25. The van der Waals surface area contributed by atoms with E-state index >= 15 is 0 Å². The van der Waals surface area contributed by atoms with Gasteiger partial charge < -0.3 is 4.43 Å². The Kier molecular flexibility index (Phi) is 3.99. The molecule has 0 fully saturated rings. The fourth-order valence-electron chi connectivity index (χ4n) is 1.44. The van der Waals surface area contributed by atoms with Gasteiger partial charge in [-0.15, -0.1) is 13.2 Å². The molecule has 0 N–H and O–H groups in total. The Balaban J connectivity index is 2.89. The van der Waals surface area contributed by atoms with Gasteiger partial charge in [-0.2, -0.15) is 0 Å². The lowest BCUT2D eigenvalue weighted by atomic mass is 9.87. The molecular formula is C15H22OSi. The zero-order valence-corrected chi connectivity index (χ0v) is 12.3. The van der Waals surface area contributed by atoms with Crippen LogP contribution in [-0.4, -0.2) is 8.32 Å². The Morgan fingerprint density at radius 2 is 1.53 bits per heavy atom. The van der Waals surface area contributed by atoms with Crippen molar-refractivity contribution in [2.24, 2.45) is 0 Å². The van der Waals surface area contributed by atoms with E-state index in [9.17, 15) is 0 Å². The van der Waals surface area contributed by atoms with Crippen LogP contribution >= 0.6 is 0 Å². The maximum absolute atomic E-state index is 5.97. The minimum Gasteiger partial charge on any atom is -0.536 e. The normalized spacial score (nSPS) is 12.0. The molecule has 0 radical (unpaired) electrons. The van der Waals surface area contributed by atoms with E-state index in [1.165, 1.54) is 5.56 Å². The van der Waals surface area contributed by atoms with E-state index in [0.717, 1.165) is 5.75 Å². The molecule has 0 heterocycles. The van der Waals surface area contributed by atoms with E-state index in [-0.39, 0.29) is 5.41 Å². The molecule has 2 heteroatoms. The van der Waals surface area contributed by atoms with Crippen molar-refractivity contribution in [3.8, 4) is 5.75 Å². The van der Waals surface area contributed by atoms with Gasteiger partial charge >= 0.3 is 0 Å². The molecule has 0 aliphatic heterocycles. The lowest BCUT2D eigenvalue weighted by Crippen LogP contribution is -2.33. The first-order valence-electron chi connectivity index (χ1n) is 5.87. The number of benzene rings is 1. The van der Waals surface area contributed by atoms with Gasteiger partial charge in [0.2, 0.25) is 0 Å². The molecule has 17 heavy (non-hydrogen) atoms. The highest BCUT2D eigenvalue weighted by Gasteiger charge is 2.22. The van der Waals surface area contributed by atoms with Crippen LogP contribution < -0.4 is 4.43 Å². The van der Waals surface area contributed by atoms with Gasteiger partial charge in [-0.25, -0.2) is 0 Å². The van der Waals surface area contributed by atoms with Crippen molar-refractivity contribution in [1.82, 2.24) is 0 Å². The van der Waals surface area contributed by atoms with E-state index in [1.807, 2.05) is 23.5 Å². The summed E-state index contributed by atoms with van der Waals surface area (Å²) in [6.45, 7) is 16.3. The number of hydrogen-bond acceptors (Lipinski definition) is 1. The topological polar surface area (TPSA) is 9.23 Å². The van der Waals surface area contributed by atoms with Gasteiger partial charge in [-0.1, -0.05) is 44.3 Å². The summed E-state index contributed by atoms with van der Waals surface area (Å²) in [7, 11) is -1.97. The van der Waals surface area contributed by atoms with E-state index in [1.54, 1.807) is 0 Å². The Morgan fingerprint density at radius 1 is 1.06 bits per heavy atom. The average Bonchev–Trinajstić information content (AvgIpc) is 2.28. The summed E-state index contributed by atoms with van der Waals surface area (Å²) in [6, 6.07) is 8.30. The molecule has 0 aliphatic carbocycles. The summed E-state index contributed by atoms with van der Waals surface area (Å²) >= 11 is 0. The predicted molar refractivity (Wildman–Crippen MR) is 77.8 cm³/mol. The first-order chi connectivity index (χ1) is 7.80. The van der Waals surface area contributed by atoms with Crippen LogP contribution in [-0.2, 0) is 5.41 Å². The van der Waals surface area contributed by atoms with Gasteiger partial charge in [0.05, 0.1) is 0 Å². The molecule has 1 rings (SSSR count). The van der Waals surface area contributed by atoms with E-state index in [2.05, 4.69) is 52.6 Å². The molecule has 0 spiro atoms. The van der Waals surface area contributed by atoms with Crippen LogP contribution in [0.1, 0.15) is 26.3 Å². The van der Waals surface area contributed by atoms with Crippen LogP contribution in [0.25, 0.3) is 0 Å². The van der Waals surface area contributed by atoms with Crippen LogP contribution in [0.15, 0.2) is 48.8 Å². The smallest absolute Gasteiger partial charge is 0.296 e. The molecule has 0 aliphatic rings. The van der Waals surface area contributed by atoms with Gasteiger partial charge in [-0.3, -0.25) is 0 Å². The molecule has 0 aromatic heterocycles. The Bertz CT molecular complexity index is 390. The van der Waals surface area contributed by atoms with Crippen LogP contribution in [0.4, 0.5) is 0 Å². The van der Waals surface area contributed by atoms with Gasteiger partial charge in [-0.05, 0) is 29.7 Å². The molecule has 0 unspecified atom stereocenters. The van der Waals surface area contributed by atoms with Crippen molar-refractivity contribution in [2.75, 3.05) is 0 Å². The molecule has 0 amide bonds. The quantitative estimate of drug-likeness (QED) is 0.716. The fourth-order valence-corrected chi connectivity index (χ4v) is 2.42. The highest BCUT2D eigenvalue weighted by atomic mass is 28.4. The summed E-state index contributed by atoms with van der Waals surface area (Å²) in [5.41, 5.74) is 5.26. The second-order valence-electron chi connectivity index (χ2n) is 5.47. The van der Waals surface area contributed by atoms with Crippen molar-refractivity contribution < 1.29 is 4.43 Å². The predicted octanol–water partition coefficient (Wildman–Crippen LogP) is 4.39. The van der Waals surface area contributed by atoms with Crippen molar-refractivity contribution in [2.45, 2.75) is 32.7 Å². The second-order valence-corrected chi connectivity index (χ2v) is 8.86. The molecular weight excluding hydrogens is 224 g/mol. The monoisotopic (exact) mass is 246 g/mol. The SMILES string of the molecule is C=C[Si](C)(C=C)Oc1ccc(C(C)(C)C)cc1. The molecule has 0 saturated heterocycles. The standard InChI is InChI=1S/C15H22OSi/c1-7-17(6,8-2)16-14-11-9-13(10-12-14)15(3,4)5/h7-12H,1-2H2,3-6H3. The van der Waals surface area contributed by atoms with E-state index in [0.29, 0.717) is 0 Å². The van der Waals surface area contributed by atoms with Crippen LogP contribution in [0.3, 0.4) is 0 Å². The Hall–Kier alpha value is -1.28. The zero-order valence-electron chi connectivity index (χ0n) is 11.3. The molecule has 1 aromatic carbocycles. The van der Waals surface area contributed by atoms with Gasteiger partial charge in [0, 0.05) is 0 Å². The molecule has 1 nitrogen and oxygen atoms in total. The third-order valence-electron chi connectivity index (χ3n) is 2.87. The number of rotatable bonds is 4. The van der Waals surface area contributed by atoms with Crippen molar-refractivity contribution in [3.05, 3.63) is 54.4 Å². The largest absolute Gasteiger partial charge is 0.536 e. The molecule has 0 atom stereocenters. The molecule has 0 saturated carbocycles. The molecule has 0 bridgehead atoms. The van der Waals surface area contributed by atoms with Crippen molar-refractivity contribution in [3.63, 3.8) is 0 Å².